The lowest BCUT2D eigenvalue weighted by Gasteiger charge is -2.29. The maximum absolute atomic E-state index is 13.0. The number of aryl methyl sites for hydroxylation is 1. The Hall–Kier alpha value is -1.88. The van der Waals surface area contributed by atoms with Gasteiger partial charge in [-0.15, -0.1) is 0 Å². The molecule has 0 aliphatic carbocycles. The molecule has 2 N–H and O–H groups in total. The standard InChI is InChI=1S/C18H22N2O3/c1-3-23-16(21)12-10-18(20-8-4-5-15(12)20)13-9-11(2)6-7-14(13)19-17(18)22/h6-7,9,12,15H,3-5,8,10H2,1-2H3,(H,19,22)/p+1/t12-,15-,18+/m1/s1. The second-order valence-electron chi connectivity index (χ2n) is 7.00. The molecule has 2 fully saturated rings. The van der Waals surface area contributed by atoms with Gasteiger partial charge in [-0.05, 0) is 26.0 Å². The minimum Gasteiger partial charge on any atom is -0.466 e. The molecule has 0 saturated carbocycles. The highest BCUT2D eigenvalue weighted by atomic mass is 16.5. The molecule has 3 aliphatic rings. The number of nitrogens with one attached hydrogen (secondary N) is 2. The van der Waals surface area contributed by atoms with Gasteiger partial charge in [0.2, 0.25) is 5.54 Å². The summed E-state index contributed by atoms with van der Waals surface area (Å²) in [5.41, 5.74) is 2.51. The van der Waals surface area contributed by atoms with Crippen LogP contribution in [0.5, 0.6) is 0 Å². The van der Waals surface area contributed by atoms with Crippen LogP contribution in [-0.4, -0.2) is 31.1 Å². The van der Waals surface area contributed by atoms with Gasteiger partial charge in [0.05, 0.1) is 18.8 Å². The Morgan fingerprint density at radius 2 is 2.30 bits per heavy atom. The molecule has 5 heteroatoms. The van der Waals surface area contributed by atoms with Crippen molar-refractivity contribution < 1.29 is 19.2 Å². The van der Waals surface area contributed by atoms with Gasteiger partial charge < -0.3 is 15.0 Å². The molecule has 1 aromatic carbocycles. The Morgan fingerprint density at radius 1 is 1.48 bits per heavy atom. The summed E-state index contributed by atoms with van der Waals surface area (Å²) in [5.74, 6) is -0.265. The summed E-state index contributed by atoms with van der Waals surface area (Å²) >= 11 is 0. The molecule has 4 atom stereocenters. The van der Waals surface area contributed by atoms with E-state index in [2.05, 4.69) is 11.4 Å². The second kappa shape index (κ2) is 5.06. The molecular formula is C18H23N2O3+. The Kier molecular flexibility index (Phi) is 3.23. The SMILES string of the molecule is CCOC(=O)[C@@H]1C[C@]2(C(=O)Nc3ccc(C)cc32)[NH+]2CCC[C@H]12. The number of anilines is 1. The van der Waals surface area contributed by atoms with Crippen LogP contribution in [-0.2, 0) is 19.9 Å². The lowest BCUT2D eigenvalue weighted by Crippen LogP contribution is -3.19. The van der Waals surface area contributed by atoms with Crippen LogP contribution >= 0.6 is 0 Å². The number of amides is 1. The molecule has 1 aromatic rings. The predicted octanol–water partition coefficient (Wildman–Crippen LogP) is 0.773. The third kappa shape index (κ3) is 1.89. The summed E-state index contributed by atoms with van der Waals surface area (Å²) in [7, 11) is 0. The molecular weight excluding hydrogens is 292 g/mol. The number of hydrogen-bond acceptors (Lipinski definition) is 3. The Labute approximate surface area is 136 Å². The fourth-order valence-electron chi connectivity index (χ4n) is 4.94. The highest BCUT2D eigenvalue weighted by Crippen LogP contribution is 2.44. The van der Waals surface area contributed by atoms with E-state index in [-0.39, 0.29) is 23.8 Å². The minimum atomic E-state index is -0.611. The van der Waals surface area contributed by atoms with Crippen LogP contribution in [0.15, 0.2) is 18.2 Å². The van der Waals surface area contributed by atoms with E-state index in [0.29, 0.717) is 13.0 Å². The number of ether oxygens (including phenoxy) is 1. The van der Waals surface area contributed by atoms with Crippen molar-refractivity contribution in [2.45, 2.75) is 44.7 Å². The molecule has 1 unspecified atom stereocenters. The van der Waals surface area contributed by atoms with Gasteiger partial charge in [-0.3, -0.25) is 9.59 Å². The van der Waals surface area contributed by atoms with Crippen molar-refractivity contribution in [3.63, 3.8) is 0 Å². The van der Waals surface area contributed by atoms with E-state index in [9.17, 15) is 9.59 Å². The molecule has 4 rings (SSSR count). The van der Waals surface area contributed by atoms with Crippen LogP contribution in [0.2, 0.25) is 0 Å². The van der Waals surface area contributed by atoms with Crippen molar-refractivity contribution in [2.24, 2.45) is 5.92 Å². The van der Waals surface area contributed by atoms with E-state index >= 15 is 0 Å². The molecule has 5 nitrogen and oxygen atoms in total. The topological polar surface area (TPSA) is 59.8 Å². The highest BCUT2D eigenvalue weighted by molar-refractivity contribution is 6.05. The molecule has 0 radical (unpaired) electrons. The largest absolute Gasteiger partial charge is 0.466 e. The van der Waals surface area contributed by atoms with Crippen LogP contribution in [0.3, 0.4) is 0 Å². The van der Waals surface area contributed by atoms with Crippen molar-refractivity contribution in [1.82, 2.24) is 0 Å². The molecule has 1 spiro atoms. The Balaban J connectivity index is 1.81. The smallest absolute Gasteiger partial charge is 0.315 e. The van der Waals surface area contributed by atoms with Gasteiger partial charge in [-0.1, -0.05) is 11.6 Å². The monoisotopic (exact) mass is 315 g/mol. The fourth-order valence-corrected chi connectivity index (χ4v) is 4.94. The van der Waals surface area contributed by atoms with E-state index in [1.165, 1.54) is 4.90 Å². The van der Waals surface area contributed by atoms with Crippen molar-refractivity contribution in [3.8, 4) is 0 Å². The summed E-state index contributed by atoms with van der Waals surface area (Å²) in [4.78, 5) is 26.7. The normalized spacial score (nSPS) is 34.3. The maximum Gasteiger partial charge on any atom is 0.315 e. The van der Waals surface area contributed by atoms with E-state index in [1.807, 2.05) is 26.0 Å². The van der Waals surface area contributed by atoms with E-state index in [0.717, 1.165) is 36.2 Å². The van der Waals surface area contributed by atoms with E-state index in [1.54, 1.807) is 0 Å². The van der Waals surface area contributed by atoms with Crippen LogP contribution in [0.25, 0.3) is 0 Å². The third-order valence-electron chi connectivity index (χ3n) is 5.83. The average Bonchev–Trinajstić information content (AvgIpc) is 3.16. The number of hydrogen-bond donors (Lipinski definition) is 2. The van der Waals surface area contributed by atoms with Gasteiger partial charge in [0.25, 0.3) is 5.91 Å². The number of rotatable bonds is 2. The molecule has 2 saturated heterocycles. The van der Waals surface area contributed by atoms with Crippen LogP contribution in [0, 0.1) is 12.8 Å². The lowest BCUT2D eigenvalue weighted by atomic mass is 9.84. The quantitative estimate of drug-likeness (QED) is 0.793. The predicted molar refractivity (Wildman–Crippen MR) is 85.1 cm³/mol. The van der Waals surface area contributed by atoms with Gasteiger partial charge in [0.1, 0.15) is 12.0 Å². The van der Waals surface area contributed by atoms with Gasteiger partial charge >= 0.3 is 5.97 Å². The average molecular weight is 315 g/mol. The maximum atomic E-state index is 13.0. The van der Waals surface area contributed by atoms with Crippen molar-refractivity contribution in [1.29, 1.82) is 0 Å². The summed E-state index contributed by atoms with van der Waals surface area (Å²) in [5, 5.41) is 3.05. The summed E-state index contributed by atoms with van der Waals surface area (Å²) < 4.78 is 5.30. The molecule has 122 valence electrons. The van der Waals surface area contributed by atoms with Crippen LogP contribution in [0.1, 0.15) is 37.3 Å². The van der Waals surface area contributed by atoms with E-state index in [4.69, 9.17) is 4.74 Å². The number of carbonyl (C=O) groups is 2. The van der Waals surface area contributed by atoms with Crippen LogP contribution in [0.4, 0.5) is 5.69 Å². The Bertz CT molecular complexity index is 687. The second-order valence-corrected chi connectivity index (χ2v) is 7.00. The van der Waals surface area contributed by atoms with E-state index < -0.39 is 5.54 Å². The summed E-state index contributed by atoms with van der Waals surface area (Å²) in [6.07, 6.45) is 2.62. The first-order chi connectivity index (χ1) is 11.1. The number of benzene rings is 1. The highest BCUT2D eigenvalue weighted by Gasteiger charge is 2.67. The van der Waals surface area contributed by atoms with Crippen molar-refractivity contribution in [2.75, 3.05) is 18.5 Å². The zero-order valence-corrected chi connectivity index (χ0v) is 13.6. The van der Waals surface area contributed by atoms with Crippen molar-refractivity contribution >= 4 is 17.6 Å². The van der Waals surface area contributed by atoms with Crippen LogP contribution < -0.4 is 10.2 Å². The zero-order chi connectivity index (χ0) is 16.2. The van der Waals surface area contributed by atoms with Gasteiger partial charge in [0.15, 0.2) is 0 Å². The zero-order valence-electron chi connectivity index (χ0n) is 13.6. The summed E-state index contributed by atoms with van der Waals surface area (Å²) in [6.45, 7) is 5.22. The Morgan fingerprint density at radius 3 is 3.09 bits per heavy atom. The summed E-state index contributed by atoms with van der Waals surface area (Å²) in [6, 6.07) is 6.32. The number of quaternary nitrogens is 1. The molecule has 0 bridgehead atoms. The van der Waals surface area contributed by atoms with Gasteiger partial charge in [-0.2, -0.15) is 0 Å². The first-order valence-electron chi connectivity index (χ1n) is 8.53. The number of esters is 1. The first kappa shape index (κ1) is 14.7. The van der Waals surface area contributed by atoms with Gasteiger partial charge in [-0.25, -0.2) is 0 Å². The molecule has 1 amide bonds. The lowest BCUT2D eigenvalue weighted by molar-refractivity contribution is -0.947. The van der Waals surface area contributed by atoms with Gasteiger partial charge in [0, 0.05) is 24.8 Å². The number of carbonyl (C=O) groups excluding carboxylic acids is 2. The first-order valence-corrected chi connectivity index (χ1v) is 8.53. The minimum absolute atomic E-state index is 0.0480. The fraction of sp³-hybridized carbons (Fsp3) is 0.556. The molecule has 3 aliphatic heterocycles. The number of fused-ring (bicyclic) bond motifs is 4. The molecule has 3 heterocycles. The third-order valence-corrected chi connectivity index (χ3v) is 5.83. The molecule has 0 aromatic heterocycles. The van der Waals surface area contributed by atoms with Crippen molar-refractivity contribution in [3.05, 3.63) is 29.3 Å². The molecule has 23 heavy (non-hydrogen) atoms.